The van der Waals surface area contributed by atoms with Gasteiger partial charge in [-0.1, -0.05) is 26.0 Å². The van der Waals surface area contributed by atoms with Crippen molar-refractivity contribution in [3.05, 3.63) is 71.1 Å². The summed E-state index contributed by atoms with van der Waals surface area (Å²) in [5, 5.41) is 0. The van der Waals surface area contributed by atoms with Crippen LogP contribution >= 0.6 is 0 Å². The number of allylic oxidation sites excluding steroid dienone is 1. The Balaban J connectivity index is 0.00000130. The number of nitrogens with two attached hydrogens (primary N) is 1. The van der Waals surface area contributed by atoms with Gasteiger partial charge in [0.1, 0.15) is 41.1 Å². The number of hydrogen-bond acceptors (Lipinski definition) is 6. The van der Waals surface area contributed by atoms with Gasteiger partial charge in [-0.15, -0.1) is 5.73 Å². The molecule has 1 unspecified atom stereocenters. The van der Waals surface area contributed by atoms with Crippen LogP contribution in [0.2, 0.25) is 0 Å². The van der Waals surface area contributed by atoms with Crippen molar-refractivity contribution in [2.75, 3.05) is 19.4 Å². The van der Waals surface area contributed by atoms with Crippen LogP contribution in [0.4, 0.5) is 10.2 Å². The van der Waals surface area contributed by atoms with Crippen molar-refractivity contribution < 1.29 is 13.9 Å². The lowest BCUT2D eigenvalue weighted by molar-refractivity contribution is 0.0703. The molecule has 2 atom stereocenters. The number of rotatable bonds is 4. The number of carbonyl (C=O) groups is 1. The van der Waals surface area contributed by atoms with E-state index in [1.807, 2.05) is 32.0 Å². The molecule has 2 N–H and O–H groups in total. The maximum atomic E-state index is 13.4. The Morgan fingerprint density at radius 2 is 2.06 bits per heavy atom. The molecular formula is C27H27FN6O2. The monoisotopic (exact) mass is 486 g/mol. The molecule has 0 saturated heterocycles. The van der Waals surface area contributed by atoms with E-state index in [1.54, 1.807) is 41.1 Å². The summed E-state index contributed by atoms with van der Waals surface area (Å²) >= 11 is 0. The van der Waals surface area contributed by atoms with Crippen molar-refractivity contribution in [2.24, 2.45) is 0 Å². The van der Waals surface area contributed by atoms with Crippen LogP contribution in [0.3, 0.4) is 0 Å². The predicted molar refractivity (Wildman–Crippen MR) is 136 cm³/mol. The molecule has 0 spiro atoms. The molecule has 1 aliphatic heterocycles. The Bertz CT molecular complexity index is 1570. The third-order valence-corrected chi connectivity index (χ3v) is 6.55. The molecule has 1 aromatic carbocycles. The zero-order valence-electron chi connectivity index (χ0n) is 20.6. The van der Waals surface area contributed by atoms with Crippen molar-refractivity contribution in [1.29, 1.82) is 0 Å². The normalized spacial score (nSPS) is 16.8. The van der Waals surface area contributed by atoms with Gasteiger partial charge in [0.15, 0.2) is 0 Å². The first-order valence-electron chi connectivity index (χ1n) is 11.9. The van der Waals surface area contributed by atoms with Gasteiger partial charge in [0, 0.05) is 30.2 Å². The van der Waals surface area contributed by atoms with Gasteiger partial charge in [-0.25, -0.2) is 19.3 Å². The minimum Gasteiger partial charge on any atom is -0.491 e. The number of aromatic nitrogens is 4. The number of nitrogens with zero attached hydrogens (tertiary/aromatic N) is 5. The van der Waals surface area contributed by atoms with Crippen molar-refractivity contribution in [3.8, 4) is 5.75 Å². The van der Waals surface area contributed by atoms with E-state index in [1.165, 1.54) is 6.92 Å². The Morgan fingerprint density at radius 1 is 1.28 bits per heavy atom. The highest BCUT2D eigenvalue weighted by molar-refractivity contribution is 5.96. The average Bonchev–Trinajstić information content (AvgIpc) is 3.51. The number of pyridine rings is 1. The Morgan fingerprint density at radius 3 is 2.81 bits per heavy atom. The summed E-state index contributed by atoms with van der Waals surface area (Å²) < 4.78 is 21.1. The van der Waals surface area contributed by atoms with Gasteiger partial charge in [0.25, 0.3) is 5.91 Å². The van der Waals surface area contributed by atoms with E-state index in [-0.39, 0.29) is 11.9 Å². The number of nitrogen functional groups attached to an aromatic ring is 1. The number of imidazole rings is 1. The van der Waals surface area contributed by atoms with Gasteiger partial charge in [-0.2, -0.15) is 0 Å². The van der Waals surface area contributed by atoms with Crippen molar-refractivity contribution in [2.45, 2.75) is 39.4 Å². The van der Waals surface area contributed by atoms with Crippen LogP contribution in [0.1, 0.15) is 54.8 Å². The van der Waals surface area contributed by atoms with Crippen molar-refractivity contribution in [3.63, 3.8) is 0 Å². The number of likely N-dealkylation sites (N-methyl/N-ethyl adjacent to an activating group) is 1. The number of hydrogen-bond donors (Lipinski definition) is 1. The standard InChI is InChI=1S/C25H21FN6O2.C2H6/c1-13(26)15-5-16(6-15)14-3-4-17-22(11-34-23(17)7-14)31(2)25(33)18-8-20-19(9-29-18)30-24(27)21-10-28-12-32(20)21;1-2/h3-4,7-10,12-13,22H,5,11H2,1-2H3,(H2,27,30);1-2H3/t13?,22-;/m1./s1. The fourth-order valence-corrected chi connectivity index (χ4v) is 4.50. The second kappa shape index (κ2) is 9.09. The topological polar surface area (TPSA) is 98.6 Å². The number of benzene rings is 1. The van der Waals surface area contributed by atoms with Crippen LogP contribution in [-0.4, -0.2) is 50.0 Å². The molecule has 9 heteroatoms. The fraction of sp³-hybridized carbons (Fsp3) is 0.296. The van der Waals surface area contributed by atoms with Crippen LogP contribution in [0.15, 0.2) is 54.3 Å². The summed E-state index contributed by atoms with van der Waals surface area (Å²) in [5.41, 5.74) is 14.9. The number of ether oxygens (including phenoxy) is 1. The number of anilines is 1. The summed E-state index contributed by atoms with van der Waals surface area (Å²) in [6.07, 6.45) is 4.43. The third kappa shape index (κ3) is 3.78. The molecule has 6 rings (SSSR count). The molecule has 0 saturated carbocycles. The van der Waals surface area contributed by atoms with Crippen LogP contribution < -0.4 is 10.5 Å². The summed E-state index contributed by atoms with van der Waals surface area (Å²) in [6.45, 7) is 5.87. The van der Waals surface area contributed by atoms with Crippen molar-refractivity contribution >= 4 is 33.8 Å². The summed E-state index contributed by atoms with van der Waals surface area (Å²) in [6, 6.07) is 7.33. The third-order valence-electron chi connectivity index (χ3n) is 6.55. The molecule has 0 fully saturated rings. The van der Waals surface area contributed by atoms with Gasteiger partial charge in [-0.05, 0) is 24.6 Å². The number of halogens is 1. The van der Waals surface area contributed by atoms with E-state index in [4.69, 9.17) is 10.5 Å². The molecule has 0 bridgehead atoms. The molecule has 4 aromatic rings. The highest BCUT2D eigenvalue weighted by atomic mass is 19.1. The second-order valence-corrected chi connectivity index (χ2v) is 8.62. The minimum absolute atomic E-state index is 0.233. The Hall–Kier alpha value is -4.23. The number of amides is 1. The van der Waals surface area contributed by atoms with Crippen molar-refractivity contribution in [1.82, 2.24) is 24.3 Å². The fourth-order valence-electron chi connectivity index (χ4n) is 4.50. The van der Waals surface area contributed by atoms with Gasteiger partial charge < -0.3 is 15.4 Å². The van der Waals surface area contributed by atoms with Gasteiger partial charge in [0.05, 0.1) is 30.3 Å². The highest BCUT2D eigenvalue weighted by Crippen LogP contribution is 2.40. The van der Waals surface area contributed by atoms with Crippen LogP contribution in [0, 0.1) is 0 Å². The molecule has 4 heterocycles. The number of carbonyl (C=O) groups excluding carboxylic acids is 1. The smallest absolute Gasteiger partial charge is 0.272 e. The molecule has 1 amide bonds. The van der Waals surface area contributed by atoms with E-state index in [9.17, 15) is 9.18 Å². The molecular weight excluding hydrogens is 459 g/mol. The van der Waals surface area contributed by atoms with Gasteiger partial charge in [0.2, 0.25) is 0 Å². The van der Waals surface area contributed by atoms with Gasteiger partial charge >= 0.3 is 0 Å². The SMILES string of the molecule is CC.CC(F)C1=C=C(c2ccc3c(c2)OC[C@H]3N(C)C(=O)c2cc3c(cn2)nc(N)c2cncn23)C1. The van der Waals surface area contributed by atoms with E-state index in [2.05, 4.69) is 20.7 Å². The van der Waals surface area contributed by atoms with Crippen LogP contribution in [0.25, 0.3) is 22.1 Å². The molecule has 8 nitrogen and oxygen atoms in total. The summed E-state index contributed by atoms with van der Waals surface area (Å²) in [7, 11) is 1.74. The summed E-state index contributed by atoms with van der Waals surface area (Å²) in [5.74, 6) is 0.846. The second-order valence-electron chi connectivity index (χ2n) is 8.62. The molecule has 184 valence electrons. The first kappa shape index (κ1) is 23.5. The maximum absolute atomic E-state index is 13.4. The average molecular weight is 487 g/mol. The Kier molecular flexibility index (Phi) is 5.94. The number of alkyl halides is 1. The number of fused-ring (bicyclic) bond motifs is 4. The Labute approximate surface area is 207 Å². The first-order chi connectivity index (χ1) is 17.4. The molecule has 36 heavy (non-hydrogen) atoms. The highest BCUT2D eigenvalue weighted by Gasteiger charge is 2.32. The zero-order valence-corrected chi connectivity index (χ0v) is 20.6. The molecule has 2 aliphatic rings. The molecule has 0 radical (unpaired) electrons. The largest absolute Gasteiger partial charge is 0.491 e. The van der Waals surface area contributed by atoms with Crippen LogP contribution in [-0.2, 0) is 0 Å². The quantitative estimate of drug-likeness (QED) is 0.418. The molecule has 1 aliphatic carbocycles. The van der Waals surface area contributed by atoms with E-state index >= 15 is 0 Å². The van der Waals surface area contributed by atoms with Crippen LogP contribution in [0.5, 0.6) is 5.75 Å². The zero-order chi connectivity index (χ0) is 25.6. The molecule has 3 aromatic heterocycles. The first-order valence-corrected chi connectivity index (χ1v) is 11.9. The van der Waals surface area contributed by atoms with Gasteiger partial charge in [-0.3, -0.25) is 9.20 Å². The lowest BCUT2D eigenvalue weighted by atomic mass is 9.88. The predicted octanol–water partition coefficient (Wildman–Crippen LogP) is 4.76. The summed E-state index contributed by atoms with van der Waals surface area (Å²) in [4.78, 5) is 27.8. The minimum atomic E-state index is -0.972. The lowest BCUT2D eigenvalue weighted by Gasteiger charge is -2.23. The maximum Gasteiger partial charge on any atom is 0.272 e. The van der Waals surface area contributed by atoms with E-state index in [0.29, 0.717) is 46.7 Å². The van der Waals surface area contributed by atoms with E-state index in [0.717, 1.165) is 22.4 Å². The lowest BCUT2D eigenvalue weighted by Crippen LogP contribution is -2.32. The van der Waals surface area contributed by atoms with E-state index < -0.39 is 6.17 Å².